The zero-order valence-electron chi connectivity index (χ0n) is 7.32. The number of ether oxygens (including phenoxy) is 2. The maximum atomic E-state index is 10.6. The highest BCUT2D eigenvalue weighted by Gasteiger charge is 2.00. The van der Waals surface area contributed by atoms with Gasteiger partial charge in [0.05, 0.1) is 7.11 Å². The third-order valence-electron chi connectivity index (χ3n) is 1.47. The molecule has 0 saturated heterocycles. The van der Waals surface area contributed by atoms with Gasteiger partial charge in [-0.3, -0.25) is 0 Å². The van der Waals surface area contributed by atoms with Crippen LogP contribution >= 0.6 is 0 Å². The summed E-state index contributed by atoms with van der Waals surface area (Å²) in [6.07, 6.45) is -0.692. The van der Waals surface area contributed by atoms with Gasteiger partial charge in [0.15, 0.2) is 0 Å². The largest absolute Gasteiger partial charge is 0.508 e. The number of nitrogens with two attached hydrogens (primary N) is 1. The second-order valence-electron chi connectivity index (χ2n) is 2.49. The van der Waals surface area contributed by atoms with Crippen LogP contribution in [0.3, 0.4) is 0 Å². The summed E-state index contributed by atoms with van der Waals surface area (Å²) in [5, 5.41) is 0. The molecule has 0 aliphatic carbocycles. The lowest BCUT2D eigenvalue weighted by Crippen LogP contribution is -2.04. The van der Waals surface area contributed by atoms with Gasteiger partial charge >= 0.3 is 6.16 Å². The molecule has 1 aromatic carbocycles. The fraction of sp³-hybridized carbons (Fsp3) is 0.222. The van der Waals surface area contributed by atoms with Crippen molar-refractivity contribution in [1.82, 2.24) is 0 Å². The maximum absolute atomic E-state index is 10.6. The Balaban J connectivity index is 2.50. The maximum Gasteiger partial charge on any atom is 0.508 e. The number of nitrogen functional groups attached to an aromatic ring is 1. The van der Waals surface area contributed by atoms with Crippen molar-refractivity contribution in [3.8, 4) is 0 Å². The standard InChI is InChI=1S/C9H11NO3/c1-12-9(11)13-6-7-3-2-4-8(10)5-7/h2-5H,6,10H2,1H3. The number of hydrogen-bond acceptors (Lipinski definition) is 4. The molecule has 0 spiro atoms. The van der Waals surface area contributed by atoms with E-state index in [1.807, 2.05) is 6.07 Å². The number of carbonyl (C=O) groups excluding carboxylic acids is 1. The van der Waals surface area contributed by atoms with Crippen LogP contribution in [0.5, 0.6) is 0 Å². The van der Waals surface area contributed by atoms with Crippen LogP contribution in [-0.4, -0.2) is 13.3 Å². The Labute approximate surface area is 76.3 Å². The summed E-state index contributed by atoms with van der Waals surface area (Å²) < 4.78 is 9.03. The molecule has 4 heteroatoms. The molecule has 0 radical (unpaired) electrons. The summed E-state index contributed by atoms with van der Waals surface area (Å²) in [6.45, 7) is 0.178. The van der Waals surface area contributed by atoms with Gasteiger partial charge in [0, 0.05) is 5.69 Å². The van der Waals surface area contributed by atoms with E-state index in [1.54, 1.807) is 18.2 Å². The summed E-state index contributed by atoms with van der Waals surface area (Å²) >= 11 is 0. The van der Waals surface area contributed by atoms with Crippen molar-refractivity contribution in [3.63, 3.8) is 0 Å². The zero-order valence-corrected chi connectivity index (χ0v) is 7.32. The second-order valence-corrected chi connectivity index (χ2v) is 2.49. The molecule has 0 aliphatic rings. The highest BCUT2D eigenvalue weighted by Crippen LogP contribution is 2.07. The minimum atomic E-state index is -0.692. The Bertz CT molecular complexity index is 299. The van der Waals surface area contributed by atoms with E-state index in [4.69, 9.17) is 10.5 Å². The number of hydrogen-bond donors (Lipinski definition) is 1. The Morgan fingerprint density at radius 1 is 1.54 bits per heavy atom. The first-order valence-corrected chi connectivity index (χ1v) is 3.77. The lowest BCUT2D eigenvalue weighted by molar-refractivity contribution is 0.0669. The van der Waals surface area contributed by atoms with Crippen LogP contribution < -0.4 is 5.73 Å². The topological polar surface area (TPSA) is 61.5 Å². The van der Waals surface area contributed by atoms with Crippen molar-refractivity contribution in [2.24, 2.45) is 0 Å². The van der Waals surface area contributed by atoms with E-state index >= 15 is 0 Å². The third-order valence-corrected chi connectivity index (χ3v) is 1.47. The molecule has 0 unspecified atom stereocenters. The van der Waals surface area contributed by atoms with Gasteiger partial charge in [0.25, 0.3) is 0 Å². The highest BCUT2D eigenvalue weighted by molar-refractivity contribution is 5.59. The SMILES string of the molecule is COC(=O)OCc1cccc(N)c1. The van der Waals surface area contributed by atoms with Crippen molar-refractivity contribution < 1.29 is 14.3 Å². The minimum absolute atomic E-state index is 0.178. The van der Waals surface area contributed by atoms with Gasteiger partial charge in [-0.15, -0.1) is 0 Å². The second kappa shape index (κ2) is 4.35. The number of methoxy groups -OCH3 is 1. The van der Waals surface area contributed by atoms with E-state index in [0.29, 0.717) is 5.69 Å². The molecule has 1 rings (SSSR count). The van der Waals surface area contributed by atoms with Crippen LogP contribution in [0.25, 0.3) is 0 Å². The Morgan fingerprint density at radius 2 is 2.31 bits per heavy atom. The normalized spacial score (nSPS) is 9.31. The molecule has 0 fully saturated rings. The molecule has 0 atom stereocenters. The number of rotatable bonds is 2. The molecular weight excluding hydrogens is 170 g/mol. The van der Waals surface area contributed by atoms with Gasteiger partial charge in [0.1, 0.15) is 6.61 Å². The zero-order chi connectivity index (χ0) is 9.68. The quantitative estimate of drug-likeness (QED) is 0.555. The number of benzene rings is 1. The van der Waals surface area contributed by atoms with E-state index in [1.165, 1.54) is 7.11 Å². The summed E-state index contributed by atoms with van der Waals surface area (Å²) in [5.74, 6) is 0. The van der Waals surface area contributed by atoms with Crippen molar-refractivity contribution >= 4 is 11.8 Å². The van der Waals surface area contributed by atoms with E-state index in [9.17, 15) is 4.79 Å². The first-order chi connectivity index (χ1) is 6.22. The summed E-state index contributed by atoms with van der Waals surface area (Å²) in [6, 6.07) is 7.12. The Kier molecular flexibility index (Phi) is 3.14. The van der Waals surface area contributed by atoms with Crippen LogP contribution in [0.15, 0.2) is 24.3 Å². The first-order valence-electron chi connectivity index (χ1n) is 3.77. The van der Waals surface area contributed by atoms with Gasteiger partial charge in [-0.05, 0) is 17.7 Å². The van der Waals surface area contributed by atoms with E-state index in [0.717, 1.165) is 5.56 Å². The predicted octanol–water partition coefficient (Wildman–Crippen LogP) is 1.55. The van der Waals surface area contributed by atoms with Gasteiger partial charge < -0.3 is 15.2 Å². The molecule has 2 N–H and O–H groups in total. The molecule has 0 amide bonds. The molecule has 0 bridgehead atoms. The van der Waals surface area contributed by atoms with Crippen LogP contribution in [-0.2, 0) is 16.1 Å². The average molecular weight is 181 g/mol. The van der Waals surface area contributed by atoms with Crippen molar-refractivity contribution in [3.05, 3.63) is 29.8 Å². The molecular formula is C9H11NO3. The Morgan fingerprint density at radius 3 is 2.92 bits per heavy atom. The van der Waals surface area contributed by atoms with Crippen molar-refractivity contribution in [1.29, 1.82) is 0 Å². The molecule has 0 aromatic heterocycles. The van der Waals surface area contributed by atoms with E-state index in [2.05, 4.69) is 4.74 Å². The molecule has 70 valence electrons. The average Bonchev–Trinajstić information content (AvgIpc) is 2.14. The monoisotopic (exact) mass is 181 g/mol. The third kappa shape index (κ3) is 3.02. The minimum Gasteiger partial charge on any atom is -0.438 e. The fourth-order valence-electron chi connectivity index (χ4n) is 0.884. The summed E-state index contributed by atoms with van der Waals surface area (Å²) in [7, 11) is 1.27. The van der Waals surface area contributed by atoms with Crippen molar-refractivity contribution in [2.45, 2.75) is 6.61 Å². The molecule has 0 saturated carbocycles. The lowest BCUT2D eigenvalue weighted by atomic mass is 10.2. The fourth-order valence-corrected chi connectivity index (χ4v) is 0.884. The van der Waals surface area contributed by atoms with E-state index in [-0.39, 0.29) is 6.61 Å². The highest BCUT2D eigenvalue weighted by atomic mass is 16.7. The van der Waals surface area contributed by atoms with Gasteiger partial charge in [-0.2, -0.15) is 0 Å². The first kappa shape index (κ1) is 9.38. The summed E-state index contributed by atoms with van der Waals surface area (Å²) in [5.41, 5.74) is 7.01. The van der Waals surface area contributed by atoms with Crippen LogP contribution in [0.2, 0.25) is 0 Å². The molecule has 13 heavy (non-hydrogen) atoms. The molecule has 0 aliphatic heterocycles. The van der Waals surface area contributed by atoms with E-state index < -0.39 is 6.16 Å². The number of anilines is 1. The Hall–Kier alpha value is -1.71. The summed E-state index contributed by atoms with van der Waals surface area (Å²) in [4.78, 5) is 10.6. The molecule has 4 nitrogen and oxygen atoms in total. The van der Waals surface area contributed by atoms with Gasteiger partial charge in [-0.25, -0.2) is 4.79 Å². The van der Waals surface area contributed by atoms with Crippen molar-refractivity contribution in [2.75, 3.05) is 12.8 Å². The van der Waals surface area contributed by atoms with Crippen LogP contribution in [0, 0.1) is 0 Å². The lowest BCUT2D eigenvalue weighted by Gasteiger charge is -2.03. The van der Waals surface area contributed by atoms with Crippen LogP contribution in [0.4, 0.5) is 10.5 Å². The molecule has 1 aromatic rings. The predicted molar refractivity (Wildman–Crippen MR) is 48.0 cm³/mol. The number of carbonyl (C=O) groups is 1. The molecule has 0 heterocycles. The smallest absolute Gasteiger partial charge is 0.438 e. The van der Waals surface area contributed by atoms with Gasteiger partial charge in [0.2, 0.25) is 0 Å². The van der Waals surface area contributed by atoms with Gasteiger partial charge in [-0.1, -0.05) is 12.1 Å². The van der Waals surface area contributed by atoms with Crippen LogP contribution in [0.1, 0.15) is 5.56 Å².